The Morgan fingerprint density at radius 2 is 2.31 bits per heavy atom. The van der Waals surface area contributed by atoms with E-state index in [0.717, 1.165) is 6.54 Å². The SMILES string of the molecule is COCCN1CC(C)N(C)C(=O)C1CC#N. The van der Waals surface area contributed by atoms with E-state index in [4.69, 9.17) is 10.00 Å². The summed E-state index contributed by atoms with van der Waals surface area (Å²) in [5, 5.41) is 8.75. The van der Waals surface area contributed by atoms with Crippen LogP contribution in [0.5, 0.6) is 0 Å². The lowest BCUT2D eigenvalue weighted by Gasteiger charge is -2.42. The van der Waals surface area contributed by atoms with E-state index < -0.39 is 0 Å². The van der Waals surface area contributed by atoms with E-state index in [1.807, 2.05) is 11.8 Å². The minimum atomic E-state index is -0.304. The van der Waals surface area contributed by atoms with Crippen LogP contribution in [0.4, 0.5) is 0 Å². The molecule has 1 rings (SSSR count). The van der Waals surface area contributed by atoms with E-state index in [1.54, 1.807) is 19.1 Å². The highest BCUT2D eigenvalue weighted by atomic mass is 16.5. The number of likely N-dealkylation sites (N-methyl/N-ethyl adjacent to an activating group) is 1. The zero-order valence-electron chi connectivity index (χ0n) is 10.1. The van der Waals surface area contributed by atoms with Gasteiger partial charge in [-0.1, -0.05) is 0 Å². The predicted octanol–water partition coefficient (Wildman–Crippen LogP) is 0.0776. The minimum absolute atomic E-state index is 0.0383. The molecule has 0 saturated carbocycles. The second kappa shape index (κ2) is 5.83. The van der Waals surface area contributed by atoms with Crippen molar-refractivity contribution in [3.63, 3.8) is 0 Å². The molecule has 0 aromatic rings. The summed E-state index contributed by atoms with van der Waals surface area (Å²) in [4.78, 5) is 15.8. The Morgan fingerprint density at radius 3 is 2.88 bits per heavy atom. The molecule has 1 amide bonds. The van der Waals surface area contributed by atoms with Gasteiger partial charge >= 0.3 is 0 Å². The van der Waals surface area contributed by atoms with Crippen molar-refractivity contribution >= 4 is 5.91 Å². The zero-order valence-corrected chi connectivity index (χ0v) is 10.1. The molecule has 2 atom stereocenters. The molecule has 1 fully saturated rings. The van der Waals surface area contributed by atoms with Crippen molar-refractivity contribution in [1.29, 1.82) is 5.26 Å². The molecule has 0 aromatic carbocycles. The number of nitrogens with zero attached hydrogens (tertiary/aromatic N) is 3. The molecule has 0 aliphatic carbocycles. The van der Waals surface area contributed by atoms with E-state index in [0.29, 0.717) is 13.2 Å². The molecule has 5 nitrogen and oxygen atoms in total. The van der Waals surface area contributed by atoms with Crippen LogP contribution in [0.3, 0.4) is 0 Å². The van der Waals surface area contributed by atoms with Gasteiger partial charge in [0.2, 0.25) is 5.91 Å². The molecular weight excluding hydrogens is 206 g/mol. The smallest absolute Gasteiger partial charge is 0.241 e. The Labute approximate surface area is 96.6 Å². The third kappa shape index (κ3) is 2.71. The molecule has 0 radical (unpaired) electrons. The maximum absolute atomic E-state index is 12.0. The van der Waals surface area contributed by atoms with Gasteiger partial charge in [-0.3, -0.25) is 9.69 Å². The molecule has 5 heteroatoms. The van der Waals surface area contributed by atoms with Gasteiger partial charge < -0.3 is 9.64 Å². The van der Waals surface area contributed by atoms with Crippen LogP contribution in [0.2, 0.25) is 0 Å². The van der Waals surface area contributed by atoms with Crippen molar-refractivity contribution in [2.24, 2.45) is 0 Å². The van der Waals surface area contributed by atoms with Gasteiger partial charge in [-0.15, -0.1) is 0 Å². The number of amides is 1. The Kier molecular flexibility index (Phi) is 4.71. The van der Waals surface area contributed by atoms with Gasteiger partial charge in [0.05, 0.1) is 19.1 Å². The highest BCUT2D eigenvalue weighted by Gasteiger charge is 2.36. The molecule has 0 bridgehead atoms. The first-order chi connectivity index (χ1) is 7.61. The van der Waals surface area contributed by atoms with Crippen LogP contribution < -0.4 is 0 Å². The molecule has 0 N–H and O–H groups in total. The number of carbonyl (C=O) groups is 1. The summed E-state index contributed by atoms with van der Waals surface area (Å²) in [6.45, 7) is 4.11. The van der Waals surface area contributed by atoms with E-state index in [-0.39, 0.29) is 24.4 Å². The lowest BCUT2D eigenvalue weighted by Crippen LogP contribution is -2.59. The van der Waals surface area contributed by atoms with Crippen LogP contribution in [0.25, 0.3) is 0 Å². The first-order valence-electron chi connectivity index (χ1n) is 5.48. The van der Waals surface area contributed by atoms with E-state index in [2.05, 4.69) is 6.07 Å². The lowest BCUT2D eigenvalue weighted by molar-refractivity contribution is -0.143. The molecule has 0 spiro atoms. The van der Waals surface area contributed by atoms with Gasteiger partial charge in [0.25, 0.3) is 0 Å². The Morgan fingerprint density at radius 1 is 1.62 bits per heavy atom. The number of hydrogen-bond donors (Lipinski definition) is 0. The number of nitriles is 1. The Bertz CT molecular complexity index is 287. The number of hydrogen-bond acceptors (Lipinski definition) is 4. The first-order valence-corrected chi connectivity index (χ1v) is 5.48. The van der Waals surface area contributed by atoms with E-state index >= 15 is 0 Å². The standard InChI is InChI=1S/C11H19N3O2/c1-9-8-14(6-7-16-3)10(4-5-12)11(15)13(9)2/h9-10H,4,6-8H2,1-3H3. The van der Waals surface area contributed by atoms with Crippen molar-refractivity contribution in [2.75, 3.05) is 33.9 Å². The van der Waals surface area contributed by atoms with Gasteiger partial charge in [0.15, 0.2) is 0 Å². The third-order valence-corrected chi connectivity index (χ3v) is 3.10. The van der Waals surface area contributed by atoms with Gasteiger partial charge in [-0.2, -0.15) is 5.26 Å². The van der Waals surface area contributed by atoms with E-state index in [1.165, 1.54) is 0 Å². The molecule has 1 heterocycles. The molecule has 1 aliphatic heterocycles. The highest BCUT2D eigenvalue weighted by molar-refractivity contribution is 5.83. The number of rotatable bonds is 4. The van der Waals surface area contributed by atoms with Crippen LogP contribution in [-0.2, 0) is 9.53 Å². The molecular formula is C11H19N3O2. The van der Waals surface area contributed by atoms with Crippen molar-refractivity contribution in [1.82, 2.24) is 9.80 Å². The van der Waals surface area contributed by atoms with Gasteiger partial charge in [-0.05, 0) is 6.92 Å². The fraction of sp³-hybridized carbons (Fsp3) is 0.818. The molecule has 16 heavy (non-hydrogen) atoms. The van der Waals surface area contributed by atoms with Crippen molar-refractivity contribution in [2.45, 2.75) is 25.4 Å². The maximum Gasteiger partial charge on any atom is 0.241 e. The number of carbonyl (C=O) groups excluding carboxylic acids is 1. The third-order valence-electron chi connectivity index (χ3n) is 3.10. The summed E-state index contributed by atoms with van der Waals surface area (Å²) < 4.78 is 5.02. The molecule has 90 valence electrons. The first kappa shape index (κ1) is 12.9. The quantitative estimate of drug-likeness (QED) is 0.680. The topological polar surface area (TPSA) is 56.6 Å². The normalized spacial score (nSPS) is 26.9. The van der Waals surface area contributed by atoms with Crippen molar-refractivity contribution in [3.8, 4) is 6.07 Å². The van der Waals surface area contributed by atoms with Crippen LogP contribution in [0, 0.1) is 11.3 Å². The highest BCUT2D eigenvalue weighted by Crippen LogP contribution is 2.17. The van der Waals surface area contributed by atoms with Crippen molar-refractivity contribution in [3.05, 3.63) is 0 Å². The molecule has 1 saturated heterocycles. The lowest BCUT2D eigenvalue weighted by atomic mass is 10.0. The Hall–Kier alpha value is -1.12. The average molecular weight is 225 g/mol. The zero-order chi connectivity index (χ0) is 12.1. The second-order valence-corrected chi connectivity index (χ2v) is 4.16. The second-order valence-electron chi connectivity index (χ2n) is 4.16. The molecule has 1 aliphatic rings. The summed E-state index contributed by atoms with van der Waals surface area (Å²) in [6.07, 6.45) is 0.250. The van der Waals surface area contributed by atoms with Gasteiger partial charge in [-0.25, -0.2) is 0 Å². The van der Waals surface area contributed by atoms with Crippen LogP contribution >= 0.6 is 0 Å². The van der Waals surface area contributed by atoms with Crippen LogP contribution in [0.15, 0.2) is 0 Å². The predicted molar refractivity (Wildman–Crippen MR) is 59.7 cm³/mol. The number of piperazine rings is 1. The average Bonchev–Trinajstić information content (AvgIpc) is 2.28. The van der Waals surface area contributed by atoms with Gasteiger partial charge in [0.1, 0.15) is 6.04 Å². The number of ether oxygens (including phenoxy) is 1. The molecule has 0 aromatic heterocycles. The van der Waals surface area contributed by atoms with Crippen LogP contribution in [0.1, 0.15) is 13.3 Å². The fourth-order valence-corrected chi connectivity index (χ4v) is 1.96. The summed E-state index contributed by atoms with van der Waals surface area (Å²) in [5.41, 5.74) is 0. The van der Waals surface area contributed by atoms with E-state index in [9.17, 15) is 4.79 Å². The Balaban J connectivity index is 2.71. The minimum Gasteiger partial charge on any atom is -0.383 e. The monoisotopic (exact) mass is 225 g/mol. The summed E-state index contributed by atoms with van der Waals surface area (Å²) in [6, 6.07) is 1.97. The van der Waals surface area contributed by atoms with Gasteiger partial charge in [0, 0.05) is 33.3 Å². The summed E-state index contributed by atoms with van der Waals surface area (Å²) in [7, 11) is 3.44. The summed E-state index contributed by atoms with van der Waals surface area (Å²) >= 11 is 0. The van der Waals surface area contributed by atoms with Crippen LogP contribution in [-0.4, -0.2) is 61.6 Å². The summed E-state index contributed by atoms with van der Waals surface area (Å²) in [5.74, 6) is 0.0383. The molecule has 2 unspecified atom stereocenters. The largest absolute Gasteiger partial charge is 0.383 e. The fourth-order valence-electron chi connectivity index (χ4n) is 1.96. The van der Waals surface area contributed by atoms with Crippen molar-refractivity contribution < 1.29 is 9.53 Å². The maximum atomic E-state index is 12.0. The number of methoxy groups -OCH3 is 1.